The number of nitrogens with zero attached hydrogens (tertiary/aromatic N) is 1. The van der Waals surface area contributed by atoms with E-state index in [1.165, 1.54) is 14.2 Å². The van der Waals surface area contributed by atoms with Crippen LogP contribution < -0.4 is 0 Å². The predicted octanol–water partition coefficient (Wildman–Crippen LogP) is 3.03. The summed E-state index contributed by atoms with van der Waals surface area (Å²) < 4.78 is 10.3. The van der Waals surface area contributed by atoms with Gasteiger partial charge in [-0.3, -0.25) is 9.59 Å². The van der Waals surface area contributed by atoms with Crippen molar-refractivity contribution < 1.29 is 23.9 Å². The van der Waals surface area contributed by atoms with Crippen molar-refractivity contribution in [1.29, 1.82) is 0 Å². The fourth-order valence-corrected chi connectivity index (χ4v) is 2.88. The summed E-state index contributed by atoms with van der Waals surface area (Å²) in [4.78, 5) is 30.4. The van der Waals surface area contributed by atoms with E-state index in [0.29, 0.717) is 29.9 Å². The first-order chi connectivity index (χ1) is 11.3. The van der Waals surface area contributed by atoms with Crippen molar-refractivity contribution in [2.45, 2.75) is 40.0 Å². The molecule has 134 valence electrons. The molecular formula is C18H27NO5. The highest BCUT2D eigenvalue weighted by molar-refractivity contribution is 6.27. The number of rotatable bonds is 8. The van der Waals surface area contributed by atoms with E-state index in [4.69, 9.17) is 14.3 Å². The maximum absolute atomic E-state index is 13.1. The van der Waals surface area contributed by atoms with E-state index in [9.17, 15) is 9.59 Å². The Bertz CT molecular complexity index is 560. The summed E-state index contributed by atoms with van der Waals surface area (Å²) in [7, 11) is 2.81. The first kappa shape index (κ1) is 19.9. The Morgan fingerprint density at radius 3 is 2.58 bits per heavy atom. The maximum atomic E-state index is 13.1. The molecule has 0 saturated heterocycles. The summed E-state index contributed by atoms with van der Waals surface area (Å²) in [6.07, 6.45) is 3.33. The van der Waals surface area contributed by atoms with Crippen molar-refractivity contribution in [1.82, 2.24) is 0 Å². The highest BCUT2D eigenvalue weighted by Crippen LogP contribution is 2.43. The quantitative estimate of drug-likeness (QED) is 0.170. The Labute approximate surface area is 143 Å². The maximum Gasteiger partial charge on any atom is 0.317 e. The number of esters is 1. The number of hydrogen-bond donors (Lipinski definition) is 0. The fourth-order valence-electron chi connectivity index (χ4n) is 2.88. The number of carbonyl (C=O) groups excluding carboxylic acids is 2. The topological polar surface area (TPSA) is 74.2 Å². The van der Waals surface area contributed by atoms with E-state index in [1.807, 2.05) is 20.8 Å². The Kier molecular flexibility index (Phi) is 7.19. The summed E-state index contributed by atoms with van der Waals surface area (Å²) in [5.74, 6) is -1.23. The van der Waals surface area contributed by atoms with Gasteiger partial charge in [-0.05, 0) is 11.8 Å². The molecule has 0 saturated carbocycles. The van der Waals surface area contributed by atoms with Crippen LogP contribution in [0.3, 0.4) is 0 Å². The zero-order valence-electron chi connectivity index (χ0n) is 15.2. The van der Waals surface area contributed by atoms with Crippen molar-refractivity contribution >= 4 is 17.5 Å². The molecule has 1 unspecified atom stereocenters. The second kappa shape index (κ2) is 8.66. The van der Waals surface area contributed by atoms with Crippen LogP contribution in [-0.4, -0.2) is 38.3 Å². The molecule has 6 nitrogen and oxygen atoms in total. The molecule has 0 N–H and O–H groups in total. The van der Waals surface area contributed by atoms with Crippen LogP contribution in [0.4, 0.5) is 0 Å². The normalized spacial score (nSPS) is 20.6. The van der Waals surface area contributed by atoms with Crippen LogP contribution >= 0.6 is 0 Å². The molecule has 0 radical (unpaired) electrons. The molecule has 0 aromatic heterocycles. The minimum Gasteiger partial charge on any atom is -0.500 e. The smallest absolute Gasteiger partial charge is 0.317 e. The Balaban J connectivity index is 3.40. The largest absolute Gasteiger partial charge is 0.500 e. The SMILES string of the molecule is C=CCON=C(CCC)C1=C(OC)CC(C)(C)C(C(=O)OC)C1=O. The number of allylic oxidation sites excluding steroid dienone is 2. The molecule has 0 aromatic carbocycles. The molecule has 1 aliphatic rings. The molecule has 1 atom stereocenters. The summed E-state index contributed by atoms with van der Waals surface area (Å²) >= 11 is 0. The number of Topliss-reactive ketones (excluding diaryl/α,β-unsaturated/α-hetero) is 1. The lowest BCUT2D eigenvalue weighted by Gasteiger charge is -2.37. The number of carbonyl (C=O) groups is 2. The van der Waals surface area contributed by atoms with Crippen molar-refractivity contribution in [3.8, 4) is 0 Å². The van der Waals surface area contributed by atoms with Gasteiger partial charge in [-0.25, -0.2) is 0 Å². The molecule has 0 fully saturated rings. The molecule has 24 heavy (non-hydrogen) atoms. The average molecular weight is 337 g/mol. The van der Waals surface area contributed by atoms with Gasteiger partial charge in [-0.1, -0.05) is 45.0 Å². The minimum absolute atomic E-state index is 0.239. The zero-order chi connectivity index (χ0) is 18.3. The minimum atomic E-state index is -0.891. The van der Waals surface area contributed by atoms with Crippen LogP contribution in [0.1, 0.15) is 40.0 Å². The molecule has 0 bridgehead atoms. The molecule has 0 heterocycles. The Morgan fingerprint density at radius 1 is 1.42 bits per heavy atom. The summed E-state index contributed by atoms with van der Waals surface area (Å²) in [6.45, 7) is 9.49. The monoisotopic (exact) mass is 337 g/mol. The van der Waals surface area contributed by atoms with E-state index >= 15 is 0 Å². The molecule has 0 aliphatic heterocycles. The second-order valence-corrected chi connectivity index (χ2v) is 6.36. The van der Waals surface area contributed by atoms with E-state index in [-0.39, 0.29) is 12.4 Å². The number of ether oxygens (including phenoxy) is 2. The average Bonchev–Trinajstić information content (AvgIpc) is 2.53. The van der Waals surface area contributed by atoms with Crippen LogP contribution in [0.2, 0.25) is 0 Å². The van der Waals surface area contributed by atoms with Crippen LogP contribution in [0.5, 0.6) is 0 Å². The first-order valence-electron chi connectivity index (χ1n) is 8.03. The first-order valence-corrected chi connectivity index (χ1v) is 8.03. The van der Waals surface area contributed by atoms with Crippen molar-refractivity contribution in [2.24, 2.45) is 16.5 Å². The van der Waals surface area contributed by atoms with E-state index in [1.54, 1.807) is 6.08 Å². The molecule has 1 rings (SSSR count). The van der Waals surface area contributed by atoms with Gasteiger partial charge in [0.2, 0.25) is 0 Å². The van der Waals surface area contributed by atoms with Crippen LogP contribution in [0.15, 0.2) is 29.1 Å². The van der Waals surface area contributed by atoms with Gasteiger partial charge in [-0.2, -0.15) is 0 Å². The third kappa shape index (κ3) is 4.24. The van der Waals surface area contributed by atoms with Gasteiger partial charge in [0, 0.05) is 6.42 Å². The molecular weight excluding hydrogens is 310 g/mol. The summed E-state index contributed by atoms with van der Waals surface area (Å²) in [5, 5.41) is 4.08. The van der Waals surface area contributed by atoms with E-state index in [2.05, 4.69) is 11.7 Å². The summed E-state index contributed by atoms with van der Waals surface area (Å²) in [5.41, 5.74) is 0.224. The third-order valence-electron chi connectivity index (χ3n) is 4.01. The van der Waals surface area contributed by atoms with Crippen LogP contribution in [-0.2, 0) is 23.9 Å². The second-order valence-electron chi connectivity index (χ2n) is 6.36. The number of oxime groups is 1. The Hall–Kier alpha value is -2.11. The lowest BCUT2D eigenvalue weighted by molar-refractivity contribution is -0.154. The van der Waals surface area contributed by atoms with Gasteiger partial charge in [0.25, 0.3) is 0 Å². The zero-order valence-corrected chi connectivity index (χ0v) is 15.2. The molecule has 0 spiro atoms. The third-order valence-corrected chi connectivity index (χ3v) is 4.01. The van der Waals surface area contributed by atoms with Gasteiger partial charge >= 0.3 is 5.97 Å². The fraction of sp³-hybridized carbons (Fsp3) is 0.611. The van der Waals surface area contributed by atoms with E-state index in [0.717, 1.165) is 6.42 Å². The van der Waals surface area contributed by atoms with Crippen molar-refractivity contribution in [2.75, 3.05) is 20.8 Å². The standard InChI is InChI=1S/C18H27NO5/c1-7-9-12(19-24-10-8-2)14-13(22-5)11-18(3,4)15(16(14)20)17(21)23-6/h8,15H,2,7,9-11H2,1,3-6H3. The number of methoxy groups -OCH3 is 2. The molecule has 0 aromatic rings. The lowest BCUT2D eigenvalue weighted by atomic mass is 9.67. The van der Waals surface area contributed by atoms with E-state index < -0.39 is 17.3 Å². The van der Waals surface area contributed by atoms with Crippen LogP contribution in [0, 0.1) is 11.3 Å². The lowest BCUT2D eigenvalue weighted by Crippen LogP contribution is -2.44. The molecule has 1 aliphatic carbocycles. The molecule has 0 amide bonds. The summed E-state index contributed by atoms with van der Waals surface area (Å²) in [6, 6.07) is 0. The highest BCUT2D eigenvalue weighted by Gasteiger charge is 2.49. The van der Waals surface area contributed by atoms with Crippen molar-refractivity contribution in [3.05, 3.63) is 24.0 Å². The van der Waals surface area contributed by atoms with Crippen LogP contribution in [0.25, 0.3) is 0 Å². The molecule has 6 heteroatoms. The van der Waals surface area contributed by atoms with Gasteiger partial charge in [0.05, 0.1) is 25.5 Å². The highest BCUT2D eigenvalue weighted by atomic mass is 16.6. The van der Waals surface area contributed by atoms with Gasteiger partial charge in [0.1, 0.15) is 18.3 Å². The van der Waals surface area contributed by atoms with Crippen molar-refractivity contribution in [3.63, 3.8) is 0 Å². The van der Waals surface area contributed by atoms with Gasteiger partial charge in [-0.15, -0.1) is 0 Å². The van der Waals surface area contributed by atoms with Gasteiger partial charge < -0.3 is 14.3 Å². The predicted molar refractivity (Wildman–Crippen MR) is 91.4 cm³/mol. The Morgan fingerprint density at radius 2 is 2.08 bits per heavy atom. The number of ketones is 1. The van der Waals surface area contributed by atoms with Gasteiger partial charge in [0.15, 0.2) is 5.78 Å². The number of hydrogen-bond acceptors (Lipinski definition) is 6.